The molecular formula is C16H24ClN5O. The molecule has 7 heteroatoms. The number of aliphatic imine (C=N–C) groups is 1. The number of carbonyl (C=O) groups is 1. The highest BCUT2D eigenvalue weighted by molar-refractivity contribution is 6.30. The Morgan fingerprint density at radius 3 is 2.70 bits per heavy atom. The molecule has 126 valence electrons. The molecule has 2 rings (SSSR count). The Morgan fingerprint density at radius 1 is 1.39 bits per heavy atom. The smallest absolute Gasteiger partial charge is 0.241 e. The summed E-state index contributed by atoms with van der Waals surface area (Å²) in [6.45, 7) is 2.11. The quantitative estimate of drug-likeness (QED) is 0.639. The molecule has 2 N–H and O–H groups in total. The van der Waals surface area contributed by atoms with Crippen molar-refractivity contribution >= 4 is 29.2 Å². The number of carbonyl (C=O) groups excluding carboxylic acids is 1. The number of hydrogen-bond donors (Lipinski definition) is 2. The number of likely N-dealkylation sites (N-methyl/N-ethyl adjacent to an activating group) is 1. The third kappa shape index (κ3) is 5.03. The predicted octanol–water partition coefficient (Wildman–Crippen LogP) is 1.17. The zero-order valence-electron chi connectivity index (χ0n) is 13.8. The zero-order chi connectivity index (χ0) is 16.8. The van der Waals surface area contributed by atoms with Gasteiger partial charge in [-0.15, -0.1) is 0 Å². The van der Waals surface area contributed by atoms with Crippen LogP contribution in [0.2, 0.25) is 5.02 Å². The average Bonchev–Trinajstić information content (AvgIpc) is 3.00. The van der Waals surface area contributed by atoms with E-state index in [4.69, 9.17) is 11.6 Å². The van der Waals surface area contributed by atoms with Gasteiger partial charge < -0.3 is 20.4 Å². The average molecular weight is 338 g/mol. The molecule has 23 heavy (non-hydrogen) atoms. The van der Waals surface area contributed by atoms with Crippen molar-refractivity contribution in [2.24, 2.45) is 4.99 Å². The Kier molecular flexibility index (Phi) is 6.10. The van der Waals surface area contributed by atoms with Gasteiger partial charge >= 0.3 is 0 Å². The second-order valence-electron chi connectivity index (χ2n) is 5.77. The van der Waals surface area contributed by atoms with Crippen LogP contribution >= 0.6 is 11.6 Å². The highest BCUT2D eigenvalue weighted by Gasteiger charge is 2.23. The van der Waals surface area contributed by atoms with Gasteiger partial charge in [0.25, 0.3) is 0 Å². The van der Waals surface area contributed by atoms with E-state index >= 15 is 0 Å². The van der Waals surface area contributed by atoms with Crippen LogP contribution in [0, 0.1) is 0 Å². The molecule has 1 aliphatic heterocycles. The molecule has 1 aromatic rings. The number of nitrogens with one attached hydrogen (secondary N) is 2. The second-order valence-corrected chi connectivity index (χ2v) is 6.20. The zero-order valence-corrected chi connectivity index (χ0v) is 14.6. The molecule has 1 atom stereocenters. The number of amides is 1. The number of anilines is 1. The van der Waals surface area contributed by atoms with Crippen molar-refractivity contribution in [3.8, 4) is 0 Å². The fourth-order valence-electron chi connectivity index (χ4n) is 2.47. The highest BCUT2D eigenvalue weighted by Crippen LogP contribution is 2.22. The Hall–Kier alpha value is -1.95. The number of hydrogen-bond acceptors (Lipinski definition) is 3. The van der Waals surface area contributed by atoms with Gasteiger partial charge in [0.1, 0.15) is 0 Å². The van der Waals surface area contributed by atoms with Crippen LogP contribution in [0.15, 0.2) is 29.3 Å². The molecule has 1 saturated heterocycles. The monoisotopic (exact) mass is 337 g/mol. The summed E-state index contributed by atoms with van der Waals surface area (Å²) in [6.07, 6.45) is 1.02. The lowest BCUT2D eigenvalue weighted by atomic mass is 10.3. The van der Waals surface area contributed by atoms with Crippen molar-refractivity contribution in [1.82, 2.24) is 15.5 Å². The molecule has 1 fully saturated rings. The minimum absolute atomic E-state index is 0.0159. The van der Waals surface area contributed by atoms with Gasteiger partial charge in [0.2, 0.25) is 5.91 Å². The highest BCUT2D eigenvalue weighted by atomic mass is 35.5. The minimum atomic E-state index is 0.0159. The largest absolute Gasteiger partial charge is 0.369 e. The van der Waals surface area contributed by atoms with Crippen molar-refractivity contribution in [2.45, 2.75) is 12.5 Å². The topological polar surface area (TPSA) is 60.0 Å². The molecule has 1 aromatic carbocycles. The minimum Gasteiger partial charge on any atom is -0.369 e. The molecular weight excluding hydrogens is 314 g/mol. The van der Waals surface area contributed by atoms with E-state index in [1.165, 1.54) is 5.69 Å². The molecule has 0 radical (unpaired) electrons. The molecule has 0 spiro atoms. The molecule has 0 aromatic heterocycles. The van der Waals surface area contributed by atoms with Crippen LogP contribution in [-0.4, -0.2) is 63.6 Å². The first-order chi connectivity index (χ1) is 11.0. The number of halogens is 1. The van der Waals surface area contributed by atoms with E-state index < -0.39 is 0 Å². The molecule has 0 bridgehead atoms. The van der Waals surface area contributed by atoms with E-state index in [0.29, 0.717) is 12.0 Å². The van der Waals surface area contributed by atoms with Gasteiger partial charge in [-0.05, 0) is 30.7 Å². The van der Waals surface area contributed by atoms with Gasteiger partial charge in [0, 0.05) is 51.0 Å². The standard InChI is InChI=1S/C16H24ClN5O/c1-18-16(19-10-15(23)21(2)3)20-13-8-9-22(11-13)14-6-4-12(17)5-7-14/h4-7,13H,8-11H2,1-3H3,(H2,18,19,20). The molecule has 1 aliphatic rings. The number of guanidine groups is 1. The summed E-state index contributed by atoms with van der Waals surface area (Å²) in [5.74, 6) is 0.672. The molecule has 1 unspecified atom stereocenters. The summed E-state index contributed by atoms with van der Waals surface area (Å²) in [6, 6.07) is 8.18. The van der Waals surface area contributed by atoms with Crippen molar-refractivity contribution in [1.29, 1.82) is 0 Å². The van der Waals surface area contributed by atoms with Crippen LogP contribution in [0.5, 0.6) is 0 Å². The van der Waals surface area contributed by atoms with Gasteiger partial charge in [-0.1, -0.05) is 11.6 Å². The summed E-state index contributed by atoms with van der Waals surface area (Å²) in [5, 5.41) is 7.17. The van der Waals surface area contributed by atoms with Crippen LogP contribution < -0.4 is 15.5 Å². The van der Waals surface area contributed by atoms with Crippen LogP contribution in [0.1, 0.15) is 6.42 Å². The Labute approximate surface area is 142 Å². The maximum atomic E-state index is 11.6. The maximum absolute atomic E-state index is 11.6. The van der Waals surface area contributed by atoms with Crippen LogP contribution in [0.4, 0.5) is 5.69 Å². The lowest BCUT2D eigenvalue weighted by Crippen LogP contribution is -2.47. The van der Waals surface area contributed by atoms with E-state index in [2.05, 4.69) is 20.5 Å². The van der Waals surface area contributed by atoms with E-state index in [9.17, 15) is 4.79 Å². The normalized spacial score (nSPS) is 18.0. The van der Waals surface area contributed by atoms with Gasteiger partial charge in [-0.2, -0.15) is 0 Å². The Bertz CT molecular complexity index is 558. The van der Waals surface area contributed by atoms with Crippen LogP contribution in [0.25, 0.3) is 0 Å². The van der Waals surface area contributed by atoms with Crippen molar-refractivity contribution < 1.29 is 4.79 Å². The predicted molar refractivity (Wildman–Crippen MR) is 95.3 cm³/mol. The van der Waals surface area contributed by atoms with E-state index in [-0.39, 0.29) is 12.5 Å². The SMILES string of the molecule is CN=C(NCC(=O)N(C)C)NC1CCN(c2ccc(Cl)cc2)C1. The van der Waals surface area contributed by atoms with Crippen LogP contribution in [-0.2, 0) is 4.79 Å². The van der Waals surface area contributed by atoms with E-state index in [0.717, 1.165) is 24.5 Å². The Morgan fingerprint density at radius 2 is 2.09 bits per heavy atom. The van der Waals surface area contributed by atoms with Crippen molar-refractivity contribution in [3.63, 3.8) is 0 Å². The molecule has 1 amide bonds. The summed E-state index contributed by atoms with van der Waals surface area (Å²) < 4.78 is 0. The second kappa shape index (κ2) is 8.06. The fourth-order valence-corrected chi connectivity index (χ4v) is 2.60. The first-order valence-corrected chi connectivity index (χ1v) is 8.05. The van der Waals surface area contributed by atoms with E-state index in [1.54, 1.807) is 26.0 Å². The van der Waals surface area contributed by atoms with Crippen LogP contribution in [0.3, 0.4) is 0 Å². The first kappa shape index (κ1) is 17.4. The fraction of sp³-hybridized carbons (Fsp3) is 0.500. The molecule has 1 heterocycles. The summed E-state index contributed by atoms with van der Waals surface area (Å²) >= 11 is 5.93. The molecule has 6 nitrogen and oxygen atoms in total. The number of benzene rings is 1. The maximum Gasteiger partial charge on any atom is 0.241 e. The van der Waals surface area contributed by atoms with Gasteiger partial charge in [0.05, 0.1) is 6.54 Å². The third-order valence-corrected chi connectivity index (χ3v) is 4.10. The van der Waals surface area contributed by atoms with Crippen molar-refractivity contribution in [3.05, 3.63) is 29.3 Å². The summed E-state index contributed by atoms with van der Waals surface area (Å²) in [5.41, 5.74) is 1.17. The van der Waals surface area contributed by atoms with Gasteiger partial charge in [0.15, 0.2) is 5.96 Å². The third-order valence-electron chi connectivity index (χ3n) is 3.85. The van der Waals surface area contributed by atoms with E-state index in [1.807, 2.05) is 24.3 Å². The molecule has 0 aliphatic carbocycles. The lowest BCUT2D eigenvalue weighted by molar-refractivity contribution is -0.127. The summed E-state index contributed by atoms with van der Waals surface area (Å²) in [7, 11) is 5.18. The summed E-state index contributed by atoms with van der Waals surface area (Å²) in [4.78, 5) is 19.7. The van der Waals surface area contributed by atoms with Gasteiger partial charge in [-0.25, -0.2) is 0 Å². The first-order valence-electron chi connectivity index (χ1n) is 7.67. The Balaban J connectivity index is 1.84. The number of nitrogens with zero attached hydrogens (tertiary/aromatic N) is 3. The van der Waals surface area contributed by atoms with Crippen molar-refractivity contribution in [2.75, 3.05) is 45.7 Å². The van der Waals surface area contributed by atoms with Gasteiger partial charge in [-0.3, -0.25) is 9.79 Å². The lowest BCUT2D eigenvalue weighted by Gasteiger charge is -2.20. The molecule has 0 saturated carbocycles. The number of rotatable bonds is 4.